The number of nitrogens with zero attached hydrogens (tertiary/aromatic N) is 2. The van der Waals surface area contributed by atoms with Crippen LogP contribution in [0.15, 0.2) is 12.3 Å². The maximum atomic E-state index is 11.3. The predicted octanol–water partition coefficient (Wildman–Crippen LogP) is 2.71. The third-order valence-electron chi connectivity index (χ3n) is 3.93. The summed E-state index contributed by atoms with van der Waals surface area (Å²) in [6.07, 6.45) is 3.80. The highest BCUT2D eigenvalue weighted by atomic mass is 16.4. The van der Waals surface area contributed by atoms with E-state index in [4.69, 9.17) is 0 Å². The van der Waals surface area contributed by atoms with Crippen molar-refractivity contribution in [2.45, 2.75) is 39.7 Å². The Bertz CT molecular complexity index is 459. The molecule has 2 atom stereocenters. The van der Waals surface area contributed by atoms with E-state index in [0.717, 1.165) is 24.3 Å². The zero-order chi connectivity index (χ0) is 13.3. The molecular weight excluding hydrogens is 228 g/mol. The van der Waals surface area contributed by atoms with E-state index in [9.17, 15) is 9.90 Å². The van der Waals surface area contributed by atoms with Gasteiger partial charge in [0.25, 0.3) is 0 Å². The smallest absolute Gasteiger partial charge is 0.339 e. The van der Waals surface area contributed by atoms with Crippen molar-refractivity contribution in [3.63, 3.8) is 0 Å². The molecule has 1 aliphatic rings. The van der Waals surface area contributed by atoms with Crippen molar-refractivity contribution in [1.29, 1.82) is 0 Å². The van der Waals surface area contributed by atoms with Crippen molar-refractivity contribution < 1.29 is 9.90 Å². The van der Waals surface area contributed by atoms with Gasteiger partial charge in [-0.15, -0.1) is 0 Å². The van der Waals surface area contributed by atoms with Crippen LogP contribution in [0.2, 0.25) is 0 Å². The van der Waals surface area contributed by atoms with Gasteiger partial charge in [0, 0.05) is 24.5 Å². The van der Waals surface area contributed by atoms with Gasteiger partial charge in [-0.3, -0.25) is 4.98 Å². The highest BCUT2D eigenvalue weighted by molar-refractivity contribution is 5.94. The molecule has 1 aromatic rings. The number of carboxylic acid groups (broad SMARTS) is 1. The topological polar surface area (TPSA) is 53.4 Å². The molecule has 4 nitrogen and oxygen atoms in total. The Morgan fingerprint density at radius 1 is 1.50 bits per heavy atom. The van der Waals surface area contributed by atoms with Gasteiger partial charge < -0.3 is 10.0 Å². The van der Waals surface area contributed by atoms with Crippen molar-refractivity contribution in [1.82, 2.24) is 4.98 Å². The van der Waals surface area contributed by atoms with E-state index in [-0.39, 0.29) is 0 Å². The summed E-state index contributed by atoms with van der Waals surface area (Å²) in [5.41, 5.74) is 1.98. The van der Waals surface area contributed by atoms with Crippen LogP contribution in [0.1, 0.15) is 42.7 Å². The third-order valence-corrected chi connectivity index (χ3v) is 3.93. The average molecular weight is 248 g/mol. The fourth-order valence-electron chi connectivity index (χ4n) is 2.62. The normalized spacial score (nSPS) is 24.1. The minimum atomic E-state index is -0.900. The molecule has 0 radical (unpaired) electrons. The van der Waals surface area contributed by atoms with Crippen molar-refractivity contribution in [2.24, 2.45) is 5.92 Å². The lowest BCUT2D eigenvalue weighted by Gasteiger charge is -2.40. The summed E-state index contributed by atoms with van der Waals surface area (Å²) < 4.78 is 0. The van der Waals surface area contributed by atoms with Crippen LogP contribution in [0.5, 0.6) is 0 Å². The van der Waals surface area contributed by atoms with Gasteiger partial charge in [-0.2, -0.15) is 0 Å². The lowest BCUT2D eigenvalue weighted by molar-refractivity contribution is 0.0697. The largest absolute Gasteiger partial charge is 0.478 e. The van der Waals surface area contributed by atoms with Crippen molar-refractivity contribution >= 4 is 11.7 Å². The Kier molecular flexibility index (Phi) is 3.55. The maximum absolute atomic E-state index is 11.3. The van der Waals surface area contributed by atoms with Crippen molar-refractivity contribution in [2.75, 3.05) is 11.4 Å². The maximum Gasteiger partial charge on any atom is 0.339 e. The number of carbonyl (C=O) groups is 1. The summed E-state index contributed by atoms with van der Waals surface area (Å²) in [5, 5.41) is 9.27. The highest BCUT2D eigenvalue weighted by Crippen LogP contribution is 2.30. The Labute approximate surface area is 108 Å². The van der Waals surface area contributed by atoms with Gasteiger partial charge in [0.2, 0.25) is 0 Å². The summed E-state index contributed by atoms with van der Waals surface area (Å²) in [7, 11) is 0. The quantitative estimate of drug-likeness (QED) is 0.874. The first-order chi connectivity index (χ1) is 8.50. The molecule has 0 aliphatic carbocycles. The first kappa shape index (κ1) is 12.9. The SMILES string of the molecule is Cc1cc(N2CCCC(C)C2C)c(C(=O)O)cn1. The number of aromatic nitrogens is 1. The van der Waals surface area contributed by atoms with Crippen LogP contribution in [0.3, 0.4) is 0 Å². The van der Waals surface area contributed by atoms with Crippen LogP contribution in [0.25, 0.3) is 0 Å². The highest BCUT2D eigenvalue weighted by Gasteiger charge is 2.27. The van der Waals surface area contributed by atoms with Crippen LogP contribution in [0.4, 0.5) is 5.69 Å². The van der Waals surface area contributed by atoms with E-state index in [1.807, 2.05) is 13.0 Å². The zero-order valence-electron chi connectivity index (χ0n) is 11.2. The number of aromatic carboxylic acids is 1. The molecule has 2 unspecified atom stereocenters. The Balaban J connectivity index is 2.42. The Morgan fingerprint density at radius 2 is 2.22 bits per heavy atom. The number of rotatable bonds is 2. The van der Waals surface area contributed by atoms with E-state index >= 15 is 0 Å². The molecule has 4 heteroatoms. The number of hydrogen-bond acceptors (Lipinski definition) is 3. The summed E-state index contributed by atoms with van der Waals surface area (Å²) in [5.74, 6) is -0.309. The van der Waals surface area contributed by atoms with Crippen molar-refractivity contribution in [3.05, 3.63) is 23.5 Å². The van der Waals surface area contributed by atoms with Crippen LogP contribution < -0.4 is 4.90 Å². The molecule has 98 valence electrons. The van der Waals surface area contributed by atoms with Crippen molar-refractivity contribution in [3.8, 4) is 0 Å². The number of piperidine rings is 1. The van der Waals surface area contributed by atoms with Crippen LogP contribution in [-0.2, 0) is 0 Å². The molecule has 1 aromatic heterocycles. The molecule has 0 spiro atoms. The summed E-state index contributed by atoms with van der Waals surface area (Å²) in [4.78, 5) is 17.6. The lowest BCUT2D eigenvalue weighted by atomic mass is 9.91. The molecule has 1 aliphatic heterocycles. The lowest BCUT2D eigenvalue weighted by Crippen LogP contribution is -2.43. The predicted molar refractivity (Wildman–Crippen MR) is 71.1 cm³/mol. The molecule has 0 saturated carbocycles. The minimum absolute atomic E-state index is 0.307. The second-order valence-electron chi connectivity index (χ2n) is 5.20. The van der Waals surface area contributed by atoms with Gasteiger partial charge in [-0.25, -0.2) is 4.79 Å². The Hall–Kier alpha value is -1.58. The molecule has 1 saturated heterocycles. The first-order valence-electron chi connectivity index (χ1n) is 6.47. The van der Waals surface area contributed by atoms with Gasteiger partial charge in [0.1, 0.15) is 5.56 Å². The fraction of sp³-hybridized carbons (Fsp3) is 0.571. The standard InChI is InChI=1S/C14H20N2O2/c1-9-5-4-6-16(11(9)3)13-7-10(2)15-8-12(13)14(17)18/h7-9,11H,4-6H2,1-3H3,(H,17,18). The number of carboxylic acids is 1. The van der Waals surface area contributed by atoms with Gasteiger partial charge in [-0.05, 0) is 38.7 Å². The number of hydrogen-bond donors (Lipinski definition) is 1. The van der Waals surface area contributed by atoms with Gasteiger partial charge in [0.15, 0.2) is 0 Å². The van der Waals surface area contributed by atoms with Gasteiger partial charge >= 0.3 is 5.97 Å². The third kappa shape index (κ3) is 2.33. The number of pyridine rings is 1. The molecule has 0 amide bonds. The monoisotopic (exact) mass is 248 g/mol. The van der Waals surface area contributed by atoms with E-state index in [1.54, 1.807) is 0 Å². The number of aryl methyl sites for hydroxylation is 1. The fourth-order valence-corrected chi connectivity index (χ4v) is 2.62. The van der Waals surface area contributed by atoms with E-state index < -0.39 is 5.97 Å². The summed E-state index contributed by atoms with van der Waals surface area (Å²) >= 11 is 0. The average Bonchev–Trinajstić information content (AvgIpc) is 2.32. The molecule has 1 fully saturated rings. The second-order valence-corrected chi connectivity index (χ2v) is 5.20. The molecule has 1 N–H and O–H groups in total. The Morgan fingerprint density at radius 3 is 2.89 bits per heavy atom. The molecule has 0 bridgehead atoms. The van der Waals surface area contributed by atoms with E-state index in [2.05, 4.69) is 23.7 Å². The molecule has 2 heterocycles. The first-order valence-corrected chi connectivity index (χ1v) is 6.47. The van der Waals surface area contributed by atoms with Gasteiger partial charge in [0.05, 0.1) is 5.69 Å². The minimum Gasteiger partial charge on any atom is -0.478 e. The molecule has 2 rings (SSSR count). The van der Waals surface area contributed by atoms with E-state index in [1.165, 1.54) is 12.6 Å². The number of anilines is 1. The molecular formula is C14H20N2O2. The van der Waals surface area contributed by atoms with Crippen LogP contribution in [0, 0.1) is 12.8 Å². The van der Waals surface area contributed by atoms with Crippen LogP contribution >= 0.6 is 0 Å². The van der Waals surface area contributed by atoms with Crippen LogP contribution in [-0.4, -0.2) is 28.6 Å². The molecule has 18 heavy (non-hydrogen) atoms. The molecule has 0 aromatic carbocycles. The zero-order valence-corrected chi connectivity index (χ0v) is 11.2. The summed E-state index contributed by atoms with van der Waals surface area (Å²) in [6.45, 7) is 7.22. The van der Waals surface area contributed by atoms with E-state index in [0.29, 0.717) is 17.5 Å². The van der Waals surface area contributed by atoms with Gasteiger partial charge in [-0.1, -0.05) is 6.92 Å². The summed E-state index contributed by atoms with van der Waals surface area (Å²) in [6, 6.07) is 2.26. The second kappa shape index (κ2) is 4.96.